The molecule has 0 aliphatic carbocycles. The van der Waals surface area contributed by atoms with Crippen LogP contribution in [0.3, 0.4) is 0 Å². The SMILES string of the molecule is CC(C)(CO)OC(=O)Nc1ccc(Cc2ccc(OC#N)cc2)cc1. The Labute approximate surface area is 146 Å². The summed E-state index contributed by atoms with van der Waals surface area (Å²) in [6.07, 6.45) is 1.74. The number of aliphatic hydroxyl groups is 1. The summed E-state index contributed by atoms with van der Waals surface area (Å²) in [5.74, 6) is 0.509. The predicted octanol–water partition coefficient (Wildman–Crippen LogP) is 3.46. The van der Waals surface area contributed by atoms with Gasteiger partial charge in [0, 0.05) is 5.69 Å². The van der Waals surface area contributed by atoms with Crippen LogP contribution in [0.1, 0.15) is 25.0 Å². The maximum Gasteiger partial charge on any atom is 0.412 e. The topological polar surface area (TPSA) is 91.6 Å². The Morgan fingerprint density at radius 1 is 1.12 bits per heavy atom. The number of hydrogen-bond acceptors (Lipinski definition) is 5. The number of nitrogens with one attached hydrogen (secondary N) is 1. The first-order valence-corrected chi connectivity index (χ1v) is 7.76. The van der Waals surface area contributed by atoms with Gasteiger partial charge in [0.25, 0.3) is 6.26 Å². The molecule has 0 unspecified atom stereocenters. The molecule has 2 rings (SSSR count). The lowest BCUT2D eigenvalue weighted by Crippen LogP contribution is -2.34. The lowest BCUT2D eigenvalue weighted by molar-refractivity contribution is 0.00361. The molecule has 6 heteroatoms. The van der Waals surface area contributed by atoms with Gasteiger partial charge in [-0.15, -0.1) is 5.26 Å². The molecule has 0 spiro atoms. The molecule has 130 valence electrons. The number of benzene rings is 2. The zero-order chi connectivity index (χ0) is 18.3. The number of ether oxygens (including phenoxy) is 2. The van der Waals surface area contributed by atoms with Gasteiger partial charge >= 0.3 is 6.09 Å². The number of anilines is 1. The smallest absolute Gasteiger partial charge is 0.412 e. The van der Waals surface area contributed by atoms with Crippen LogP contribution in [-0.4, -0.2) is 23.4 Å². The van der Waals surface area contributed by atoms with E-state index < -0.39 is 11.7 Å². The van der Waals surface area contributed by atoms with Crippen LogP contribution in [-0.2, 0) is 11.2 Å². The van der Waals surface area contributed by atoms with Crippen molar-refractivity contribution in [3.05, 3.63) is 59.7 Å². The average molecular weight is 340 g/mol. The van der Waals surface area contributed by atoms with Crippen LogP contribution in [0, 0.1) is 11.5 Å². The van der Waals surface area contributed by atoms with Crippen LogP contribution >= 0.6 is 0 Å². The van der Waals surface area contributed by atoms with E-state index >= 15 is 0 Å². The second-order valence-electron chi connectivity index (χ2n) is 6.14. The van der Waals surface area contributed by atoms with Gasteiger partial charge in [0.15, 0.2) is 0 Å². The summed E-state index contributed by atoms with van der Waals surface area (Å²) in [5.41, 5.74) is 1.84. The van der Waals surface area contributed by atoms with Gasteiger partial charge < -0.3 is 14.6 Å². The van der Waals surface area contributed by atoms with Crippen molar-refractivity contribution in [2.75, 3.05) is 11.9 Å². The van der Waals surface area contributed by atoms with Crippen LogP contribution in [0.4, 0.5) is 10.5 Å². The van der Waals surface area contributed by atoms with Crippen molar-refractivity contribution >= 4 is 11.8 Å². The Kier molecular flexibility index (Phi) is 5.98. The molecular weight excluding hydrogens is 320 g/mol. The van der Waals surface area contributed by atoms with E-state index in [4.69, 9.17) is 19.8 Å². The highest BCUT2D eigenvalue weighted by atomic mass is 16.6. The minimum Gasteiger partial charge on any atom is -0.441 e. The van der Waals surface area contributed by atoms with Crippen LogP contribution in [0.2, 0.25) is 0 Å². The third kappa shape index (κ3) is 5.83. The van der Waals surface area contributed by atoms with E-state index in [-0.39, 0.29) is 6.61 Å². The standard InChI is InChI=1S/C19H20N2O4/c1-19(2,12-22)25-18(23)21-16-7-3-14(4-8-16)11-15-5-9-17(10-6-15)24-13-20/h3-10,22H,11-12H2,1-2H3,(H,21,23). The maximum absolute atomic E-state index is 11.8. The molecule has 0 saturated carbocycles. The largest absolute Gasteiger partial charge is 0.441 e. The fourth-order valence-corrected chi connectivity index (χ4v) is 2.10. The van der Waals surface area contributed by atoms with Crippen molar-refractivity contribution in [2.24, 2.45) is 0 Å². The summed E-state index contributed by atoms with van der Waals surface area (Å²) in [6.45, 7) is 3.00. The monoisotopic (exact) mass is 340 g/mol. The Morgan fingerprint density at radius 2 is 1.68 bits per heavy atom. The fraction of sp³-hybridized carbons (Fsp3) is 0.263. The van der Waals surface area contributed by atoms with Crippen LogP contribution in [0.25, 0.3) is 0 Å². The summed E-state index contributed by atoms with van der Waals surface area (Å²) in [4.78, 5) is 11.8. The number of aliphatic hydroxyl groups excluding tert-OH is 1. The number of nitrogens with zero attached hydrogens (tertiary/aromatic N) is 1. The summed E-state index contributed by atoms with van der Waals surface area (Å²) in [7, 11) is 0. The molecular formula is C19H20N2O4. The van der Waals surface area contributed by atoms with E-state index in [1.165, 1.54) is 0 Å². The minimum absolute atomic E-state index is 0.252. The molecule has 2 N–H and O–H groups in total. The maximum atomic E-state index is 11.8. The van der Waals surface area contributed by atoms with E-state index in [2.05, 4.69) is 5.32 Å². The van der Waals surface area contributed by atoms with Gasteiger partial charge in [0.1, 0.15) is 11.4 Å². The van der Waals surface area contributed by atoms with Gasteiger partial charge in [0.05, 0.1) is 6.61 Å². The van der Waals surface area contributed by atoms with E-state index in [0.717, 1.165) is 17.5 Å². The lowest BCUT2D eigenvalue weighted by atomic mass is 10.0. The Balaban J connectivity index is 1.93. The fourth-order valence-electron chi connectivity index (χ4n) is 2.10. The molecule has 2 aromatic carbocycles. The summed E-state index contributed by atoms with van der Waals surface area (Å²) < 4.78 is 9.86. The summed E-state index contributed by atoms with van der Waals surface area (Å²) in [5, 5.41) is 20.2. The zero-order valence-electron chi connectivity index (χ0n) is 14.2. The van der Waals surface area contributed by atoms with Gasteiger partial charge in [-0.05, 0) is 55.7 Å². The molecule has 0 aliphatic heterocycles. The zero-order valence-corrected chi connectivity index (χ0v) is 14.2. The van der Waals surface area contributed by atoms with Crippen LogP contribution in [0.5, 0.6) is 5.75 Å². The summed E-state index contributed by atoms with van der Waals surface area (Å²) >= 11 is 0. The molecule has 0 aromatic heterocycles. The highest BCUT2D eigenvalue weighted by Gasteiger charge is 2.21. The van der Waals surface area contributed by atoms with Gasteiger partial charge in [0.2, 0.25) is 0 Å². The number of amides is 1. The Bertz CT molecular complexity index is 746. The molecule has 0 fully saturated rings. The minimum atomic E-state index is -0.925. The molecule has 6 nitrogen and oxygen atoms in total. The van der Waals surface area contributed by atoms with Gasteiger partial charge in [-0.2, -0.15) is 0 Å². The quantitative estimate of drug-likeness (QED) is 0.786. The van der Waals surface area contributed by atoms with Gasteiger partial charge in [-0.25, -0.2) is 4.79 Å². The Morgan fingerprint density at radius 3 is 2.20 bits per heavy atom. The molecule has 2 aromatic rings. The number of nitriles is 1. The van der Waals surface area contributed by atoms with Crippen molar-refractivity contribution in [2.45, 2.75) is 25.9 Å². The average Bonchev–Trinajstić information content (AvgIpc) is 2.58. The normalized spacial score (nSPS) is 10.6. The highest BCUT2D eigenvalue weighted by Crippen LogP contribution is 2.17. The number of rotatable bonds is 6. The van der Waals surface area contributed by atoms with E-state index in [0.29, 0.717) is 11.4 Å². The number of hydrogen-bond donors (Lipinski definition) is 2. The predicted molar refractivity (Wildman–Crippen MR) is 93.2 cm³/mol. The molecule has 0 heterocycles. The van der Waals surface area contributed by atoms with Crippen molar-refractivity contribution in [3.8, 4) is 12.0 Å². The lowest BCUT2D eigenvalue weighted by Gasteiger charge is -2.22. The first-order valence-electron chi connectivity index (χ1n) is 7.76. The number of carbonyl (C=O) groups is 1. The Hall–Kier alpha value is -3.04. The first-order chi connectivity index (χ1) is 11.9. The molecule has 0 bridgehead atoms. The summed E-state index contributed by atoms with van der Waals surface area (Å²) in [6, 6.07) is 14.7. The number of carbonyl (C=O) groups excluding carboxylic acids is 1. The third-order valence-electron chi connectivity index (χ3n) is 3.45. The molecule has 0 saturated heterocycles. The van der Waals surface area contributed by atoms with Crippen molar-refractivity contribution < 1.29 is 19.4 Å². The van der Waals surface area contributed by atoms with Gasteiger partial charge in [-0.3, -0.25) is 5.32 Å². The molecule has 0 aliphatic rings. The van der Waals surface area contributed by atoms with E-state index in [1.54, 1.807) is 44.4 Å². The highest BCUT2D eigenvalue weighted by molar-refractivity contribution is 5.84. The molecule has 0 radical (unpaired) electrons. The van der Waals surface area contributed by atoms with E-state index in [1.807, 2.05) is 24.3 Å². The second-order valence-corrected chi connectivity index (χ2v) is 6.14. The van der Waals surface area contributed by atoms with Crippen molar-refractivity contribution in [1.82, 2.24) is 0 Å². The third-order valence-corrected chi connectivity index (χ3v) is 3.45. The molecule has 1 amide bonds. The first kappa shape index (κ1) is 18.3. The van der Waals surface area contributed by atoms with E-state index in [9.17, 15) is 4.79 Å². The molecule has 0 atom stereocenters. The van der Waals surface area contributed by atoms with Crippen molar-refractivity contribution in [3.63, 3.8) is 0 Å². The molecule has 25 heavy (non-hydrogen) atoms. The van der Waals surface area contributed by atoms with Crippen molar-refractivity contribution in [1.29, 1.82) is 5.26 Å². The van der Waals surface area contributed by atoms with Gasteiger partial charge in [-0.1, -0.05) is 24.3 Å². The van der Waals surface area contributed by atoms with Crippen LogP contribution < -0.4 is 10.1 Å². The second kappa shape index (κ2) is 8.18. The van der Waals surface area contributed by atoms with Crippen LogP contribution in [0.15, 0.2) is 48.5 Å².